The van der Waals surface area contributed by atoms with E-state index in [2.05, 4.69) is 23.4 Å². The maximum absolute atomic E-state index is 8.31. The van der Waals surface area contributed by atoms with Crippen molar-refractivity contribution in [2.45, 2.75) is 11.9 Å². The Bertz CT molecular complexity index is 50.9. The van der Waals surface area contributed by atoms with E-state index < -0.39 is 4.93 Å². The molecule has 1 atom stereocenters. The molecule has 0 amide bonds. The molecule has 0 fully saturated rings. The normalized spacial score (nSPS) is 18.9. The van der Waals surface area contributed by atoms with Gasteiger partial charge in [-0.2, -0.15) is 0 Å². The second kappa shape index (κ2) is 2.52. The van der Waals surface area contributed by atoms with Crippen LogP contribution >= 0.6 is 12.6 Å². The van der Waals surface area contributed by atoms with E-state index in [1.807, 2.05) is 0 Å². The molecule has 0 saturated carbocycles. The second-order valence-corrected chi connectivity index (χ2v) is 2.40. The van der Waals surface area contributed by atoms with Crippen LogP contribution in [0, 0.1) is 0 Å². The van der Waals surface area contributed by atoms with Gasteiger partial charge >= 0.3 is 0 Å². The predicted octanol–water partition coefficient (Wildman–Crippen LogP) is -0.485. The molecule has 0 aromatic rings. The molecular weight excluding hydrogens is 114 g/mol. The average Bonchev–Trinajstić information content (AvgIpc) is 1.68. The number of thiol groups is 1. The van der Waals surface area contributed by atoms with Gasteiger partial charge in [0.15, 0.2) is 4.93 Å². The molecule has 0 rings (SSSR count). The number of hydrogen-bond donors (Lipinski definition) is 3. The lowest BCUT2D eigenvalue weighted by Crippen LogP contribution is -2.29. The molecule has 0 heterocycles. The lowest BCUT2D eigenvalue weighted by Gasteiger charge is -2.15. The van der Waals surface area contributed by atoms with Crippen LogP contribution in [-0.4, -0.2) is 16.6 Å². The Labute approximate surface area is 47.8 Å². The van der Waals surface area contributed by atoms with Gasteiger partial charge in [-0.1, -0.05) is 0 Å². The first-order chi connectivity index (χ1) is 3.12. The quantitative estimate of drug-likeness (QED) is 0.264. The summed E-state index contributed by atoms with van der Waals surface area (Å²) in [4.78, 5) is 3.31. The molecule has 3 nitrogen and oxygen atoms in total. The summed E-state index contributed by atoms with van der Waals surface area (Å²) in [5.41, 5.74) is 0. The summed E-state index contributed by atoms with van der Waals surface area (Å²) in [5, 5.41) is 8.31. The highest BCUT2D eigenvalue weighted by Crippen LogP contribution is 2.09. The van der Waals surface area contributed by atoms with Crippen molar-refractivity contribution in [2.75, 3.05) is 6.61 Å². The zero-order valence-electron chi connectivity index (χ0n) is 4.09. The lowest BCUT2D eigenvalue weighted by atomic mass is 10.4. The van der Waals surface area contributed by atoms with Crippen LogP contribution < -0.4 is 5.90 Å². The third-order valence-corrected chi connectivity index (χ3v) is 0.794. The van der Waals surface area contributed by atoms with Crippen LogP contribution in [0.2, 0.25) is 0 Å². The fourth-order valence-corrected chi connectivity index (χ4v) is 0.0373. The van der Waals surface area contributed by atoms with Crippen molar-refractivity contribution >= 4 is 12.6 Å². The molecule has 3 N–H and O–H groups in total. The molecule has 44 valence electrons. The monoisotopic (exact) mass is 123 g/mol. The van der Waals surface area contributed by atoms with Gasteiger partial charge in [0.1, 0.15) is 0 Å². The Morgan fingerprint density at radius 1 is 2.00 bits per heavy atom. The van der Waals surface area contributed by atoms with E-state index in [0.29, 0.717) is 0 Å². The van der Waals surface area contributed by atoms with Crippen LogP contribution in [0.25, 0.3) is 0 Å². The van der Waals surface area contributed by atoms with E-state index in [9.17, 15) is 0 Å². The molecule has 0 spiro atoms. The molecular formula is C3H9NO2S. The first-order valence-electron chi connectivity index (χ1n) is 1.83. The Hall–Kier alpha value is 0.230. The van der Waals surface area contributed by atoms with Crippen LogP contribution in [0.4, 0.5) is 0 Å². The molecule has 0 aliphatic carbocycles. The van der Waals surface area contributed by atoms with Crippen LogP contribution in [0.15, 0.2) is 0 Å². The minimum absolute atomic E-state index is 0.188. The van der Waals surface area contributed by atoms with Crippen molar-refractivity contribution in [1.82, 2.24) is 0 Å². The van der Waals surface area contributed by atoms with E-state index in [1.165, 1.54) is 0 Å². The first-order valence-corrected chi connectivity index (χ1v) is 2.28. The summed E-state index contributed by atoms with van der Waals surface area (Å²) in [5.74, 6) is 4.68. The topological polar surface area (TPSA) is 55.5 Å². The van der Waals surface area contributed by atoms with Gasteiger partial charge in [-0.3, -0.25) is 4.84 Å². The van der Waals surface area contributed by atoms with Crippen LogP contribution in [0.5, 0.6) is 0 Å². The summed E-state index contributed by atoms with van der Waals surface area (Å²) in [6, 6.07) is 0. The molecule has 0 aromatic carbocycles. The van der Waals surface area contributed by atoms with Crippen LogP contribution in [-0.2, 0) is 4.84 Å². The zero-order chi connectivity index (χ0) is 5.91. The van der Waals surface area contributed by atoms with Crippen molar-refractivity contribution in [3.63, 3.8) is 0 Å². The third-order valence-electron chi connectivity index (χ3n) is 0.547. The Balaban J connectivity index is 3.36. The maximum Gasteiger partial charge on any atom is 0.152 e. The highest BCUT2D eigenvalue weighted by molar-refractivity contribution is 7.81. The van der Waals surface area contributed by atoms with Gasteiger partial charge in [-0.25, -0.2) is 5.90 Å². The van der Waals surface area contributed by atoms with E-state index in [0.717, 1.165) is 0 Å². The SMILES string of the molecule is CC(S)(CO)ON. The Morgan fingerprint density at radius 2 is 2.43 bits per heavy atom. The second-order valence-electron chi connectivity index (χ2n) is 1.45. The fourth-order valence-electron chi connectivity index (χ4n) is 0.0373. The first kappa shape index (κ1) is 7.23. The highest BCUT2D eigenvalue weighted by atomic mass is 32.1. The van der Waals surface area contributed by atoms with E-state index in [4.69, 9.17) is 5.11 Å². The number of hydrogen-bond acceptors (Lipinski definition) is 4. The maximum atomic E-state index is 8.31. The molecule has 0 bridgehead atoms. The third kappa shape index (κ3) is 2.87. The molecule has 0 saturated heterocycles. The highest BCUT2D eigenvalue weighted by Gasteiger charge is 2.15. The smallest absolute Gasteiger partial charge is 0.152 e. The molecule has 0 aromatic heterocycles. The van der Waals surface area contributed by atoms with E-state index >= 15 is 0 Å². The van der Waals surface area contributed by atoms with Gasteiger partial charge in [0.05, 0.1) is 6.61 Å². The molecule has 0 aliphatic rings. The van der Waals surface area contributed by atoms with E-state index in [-0.39, 0.29) is 6.61 Å². The lowest BCUT2D eigenvalue weighted by molar-refractivity contribution is -0.000355. The summed E-state index contributed by atoms with van der Waals surface area (Å²) in [6.07, 6.45) is 0. The van der Waals surface area contributed by atoms with Crippen LogP contribution in [0.3, 0.4) is 0 Å². The summed E-state index contributed by atoms with van der Waals surface area (Å²) in [6.45, 7) is 1.38. The standard InChI is InChI=1S/C3H9NO2S/c1-3(7,2-5)6-4/h5,7H,2,4H2,1H3. The minimum atomic E-state index is -0.889. The molecule has 0 aliphatic heterocycles. The van der Waals surface area contributed by atoms with Crippen molar-refractivity contribution in [3.05, 3.63) is 0 Å². The summed E-state index contributed by atoms with van der Waals surface area (Å²) < 4.78 is 0. The molecule has 7 heavy (non-hydrogen) atoms. The average molecular weight is 123 g/mol. The van der Waals surface area contributed by atoms with E-state index in [1.54, 1.807) is 6.92 Å². The zero-order valence-corrected chi connectivity index (χ0v) is 4.98. The summed E-state index contributed by atoms with van der Waals surface area (Å²) >= 11 is 3.79. The Kier molecular flexibility index (Phi) is 2.60. The molecule has 1 unspecified atom stereocenters. The van der Waals surface area contributed by atoms with Gasteiger partial charge in [0.25, 0.3) is 0 Å². The number of nitrogens with two attached hydrogens (primary N) is 1. The molecule has 0 radical (unpaired) electrons. The fraction of sp³-hybridized carbons (Fsp3) is 1.00. The van der Waals surface area contributed by atoms with Crippen molar-refractivity contribution in [3.8, 4) is 0 Å². The van der Waals surface area contributed by atoms with Crippen molar-refractivity contribution in [2.24, 2.45) is 5.90 Å². The number of aliphatic hydroxyl groups excluding tert-OH is 1. The van der Waals surface area contributed by atoms with Gasteiger partial charge in [0.2, 0.25) is 0 Å². The van der Waals surface area contributed by atoms with Gasteiger partial charge in [-0.05, 0) is 6.92 Å². The van der Waals surface area contributed by atoms with Gasteiger partial charge in [-0.15, -0.1) is 12.6 Å². The predicted molar refractivity (Wildman–Crippen MR) is 29.7 cm³/mol. The minimum Gasteiger partial charge on any atom is -0.392 e. The molecule has 4 heteroatoms. The van der Waals surface area contributed by atoms with Crippen molar-refractivity contribution in [1.29, 1.82) is 0 Å². The summed E-state index contributed by atoms with van der Waals surface area (Å²) in [7, 11) is 0. The van der Waals surface area contributed by atoms with Crippen LogP contribution in [0.1, 0.15) is 6.92 Å². The Morgan fingerprint density at radius 3 is 2.43 bits per heavy atom. The number of rotatable bonds is 2. The van der Waals surface area contributed by atoms with Gasteiger partial charge < -0.3 is 5.11 Å². The number of aliphatic hydroxyl groups is 1. The largest absolute Gasteiger partial charge is 0.392 e. The van der Waals surface area contributed by atoms with Gasteiger partial charge in [0, 0.05) is 0 Å². The van der Waals surface area contributed by atoms with Crippen molar-refractivity contribution < 1.29 is 9.94 Å².